The van der Waals surface area contributed by atoms with Crippen LogP contribution in [-0.2, 0) is 0 Å². The Kier molecular flexibility index (Phi) is 12.6. The largest absolute Gasteiger partial charge is 0.459 e. The number of carbonyl (C=O) groups is 1. The van der Waals surface area contributed by atoms with E-state index < -0.39 is 0 Å². The summed E-state index contributed by atoms with van der Waals surface area (Å²) in [7, 11) is 0. The number of aliphatic imine (C=N–C) groups is 1. The summed E-state index contributed by atoms with van der Waals surface area (Å²) < 4.78 is 5.14. The van der Waals surface area contributed by atoms with E-state index in [9.17, 15) is 4.79 Å². The lowest BCUT2D eigenvalue weighted by molar-refractivity contribution is 0.0918. The summed E-state index contributed by atoms with van der Waals surface area (Å²) in [6.45, 7) is 7.19. The third-order valence-corrected chi connectivity index (χ3v) is 4.84. The van der Waals surface area contributed by atoms with Gasteiger partial charge in [-0.15, -0.1) is 0 Å². The summed E-state index contributed by atoms with van der Waals surface area (Å²) in [4.78, 5) is 16.7. The molecule has 1 heterocycles. The molecule has 1 N–H and O–H groups in total. The molecule has 1 aromatic heterocycles. The first-order valence-corrected chi connectivity index (χ1v) is 10.5. The molecule has 1 rings (SSSR count). The first-order chi connectivity index (χ1) is 12.7. The van der Waals surface area contributed by atoms with Crippen LogP contribution in [0.2, 0.25) is 0 Å². The number of hydrogen-bond acceptors (Lipinski definition) is 3. The normalized spacial score (nSPS) is 13.0. The molecule has 4 nitrogen and oxygen atoms in total. The Hall–Kier alpha value is -1.58. The third kappa shape index (κ3) is 9.79. The minimum absolute atomic E-state index is 0.0179. The molecule has 0 aromatic carbocycles. The Morgan fingerprint density at radius 1 is 1.04 bits per heavy atom. The highest BCUT2D eigenvalue weighted by Gasteiger charge is 2.16. The molecule has 0 spiro atoms. The van der Waals surface area contributed by atoms with Crippen molar-refractivity contribution in [2.75, 3.05) is 6.54 Å². The van der Waals surface area contributed by atoms with Crippen molar-refractivity contribution in [1.82, 2.24) is 5.32 Å². The van der Waals surface area contributed by atoms with E-state index in [-0.39, 0.29) is 11.9 Å². The highest BCUT2D eigenvalue weighted by molar-refractivity contribution is 5.96. The summed E-state index contributed by atoms with van der Waals surface area (Å²) in [6.07, 6.45) is 15.7. The van der Waals surface area contributed by atoms with Crippen LogP contribution in [0, 0.1) is 0 Å². The predicted octanol–water partition coefficient (Wildman–Crippen LogP) is 6.17. The summed E-state index contributed by atoms with van der Waals surface area (Å²) in [5.41, 5.74) is 1.00. The second kappa shape index (κ2) is 14.6. The van der Waals surface area contributed by atoms with E-state index in [1.54, 1.807) is 12.1 Å². The molecule has 0 aliphatic rings. The fourth-order valence-corrected chi connectivity index (χ4v) is 3.10. The van der Waals surface area contributed by atoms with Crippen molar-refractivity contribution in [2.45, 2.75) is 97.4 Å². The quantitative estimate of drug-likeness (QED) is 0.299. The number of hydrogen-bond donors (Lipinski definition) is 1. The van der Waals surface area contributed by atoms with Crippen molar-refractivity contribution in [2.24, 2.45) is 4.99 Å². The van der Waals surface area contributed by atoms with Crippen LogP contribution in [-0.4, -0.2) is 24.2 Å². The van der Waals surface area contributed by atoms with E-state index in [1.165, 1.54) is 64.1 Å². The second-order valence-electron chi connectivity index (χ2n) is 7.12. The number of carbonyl (C=O) groups excluding carboxylic acids is 1. The topological polar surface area (TPSA) is 54.6 Å². The van der Waals surface area contributed by atoms with Gasteiger partial charge in [0.15, 0.2) is 5.76 Å². The van der Waals surface area contributed by atoms with Crippen LogP contribution in [0.1, 0.15) is 102 Å². The highest BCUT2D eigenvalue weighted by atomic mass is 16.3. The smallest absolute Gasteiger partial charge is 0.287 e. The van der Waals surface area contributed by atoms with Gasteiger partial charge >= 0.3 is 0 Å². The molecule has 0 radical (unpaired) electrons. The Labute approximate surface area is 159 Å². The lowest BCUT2D eigenvalue weighted by atomic mass is 10.1. The van der Waals surface area contributed by atoms with Gasteiger partial charge in [-0.2, -0.15) is 0 Å². The molecule has 1 unspecified atom stereocenters. The van der Waals surface area contributed by atoms with E-state index in [1.807, 2.05) is 6.92 Å². The fraction of sp³-hybridized carbons (Fsp3) is 0.727. The Morgan fingerprint density at radius 3 is 2.19 bits per heavy atom. The maximum Gasteiger partial charge on any atom is 0.287 e. The van der Waals surface area contributed by atoms with Crippen molar-refractivity contribution in [1.29, 1.82) is 0 Å². The zero-order valence-electron chi connectivity index (χ0n) is 17.1. The van der Waals surface area contributed by atoms with E-state index >= 15 is 0 Å². The molecule has 0 aliphatic carbocycles. The number of nitrogens with zero attached hydrogens (tertiary/aromatic N) is 1. The molecule has 0 fully saturated rings. The third-order valence-electron chi connectivity index (χ3n) is 4.84. The van der Waals surface area contributed by atoms with Crippen LogP contribution >= 0.6 is 0 Å². The van der Waals surface area contributed by atoms with Crippen molar-refractivity contribution < 1.29 is 9.21 Å². The Morgan fingerprint density at radius 2 is 1.65 bits per heavy atom. The molecule has 148 valence electrons. The van der Waals surface area contributed by atoms with Crippen molar-refractivity contribution in [3.05, 3.63) is 24.2 Å². The Balaban J connectivity index is 2.12. The molecule has 0 saturated carbocycles. The fourth-order valence-electron chi connectivity index (χ4n) is 3.10. The van der Waals surface area contributed by atoms with Gasteiger partial charge in [0.1, 0.15) is 0 Å². The summed E-state index contributed by atoms with van der Waals surface area (Å²) in [5.74, 6) is 0.182. The molecule has 26 heavy (non-hydrogen) atoms. The van der Waals surface area contributed by atoms with Crippen LogP contribution in [0.3, 0.4) is 0 Å². The summed E-state index contributed by atoms with van der Waals surface area (Å²) in [6, 6.07) is 3.39. The van der Waals surface area contributed by atoms with Gasteiger partial charge in [-0.1, -0.05) is 71.6 Å². The van der Waals surface area contributed by atoms with E-state index in [0.717, 1.165) is 25.1 Å². The van der Waals surface area contributed by atoms with Crippen LogP contribution in [0.5, 0.6) is 0 Å². The van der Waals surface area contributed by atoms with Crippen LogP contribution < -0.4 is 5.32 Å². The second-order valence-corrected chi connectivity index (χ2v) is 7.12. The highest BCUT2D eigenvalue weighted by Crippen LogP contribution is 2.10. The predicted molar refractivity (Wildman–Crippen MR) is 110 cm³/mol. The van der Waals surface area contributed by atoms with Gasteiger partial charge in [-0.25, -0.2) is 0 Å². The molecule has 1 atom stereocenters. The average Bonchev–Trinajstić information content (AvgIpc) is 3.18. The SMILES string of the molecule is CCCCCCCCCCCCN=C(C)C(CC)NC(=O)c1ccco1. The average molecular weight is 363 g/mol. The maximum absolute atomic E-state index is 12.1. The van der Waals surface area contributed by atoms with Crippen LogP contribution in [0.4, 0.5) is 0 Å². The van der Waals surface area contributed by atoms with E-state index in [4.69, 9.17) is 4.42 Å². The number of furan rings is 1. The van der Waals surface area contributed by atoms with Gasteiger partial charge in [-0.3, -0.25) is 9.79 Å². The van der Waals surface area contributed by atoms with E-state index in [2.05, 4.69) is 24.2 Å². The maximum atomic E-state index is 12.1. The monoisotopic (exact) mass is 362 g/mol. The lowest BCUT2D eigenvalue weighted by Gasteiger charge is -2.16. The summed E-state index contributed by atoms with van der Waals surface area (Å²) >= 11 is 0. The zero-order valence-corrected chi connectivity index (χ0v) is 17.1. The molecule has 0 saturated heterocycles. The van der Waals surface area contributed by atoms with Crippen LogP contribution in [0.15, 0.2) is 27.8 Å². The van der Waals surface area contributed by atoms with Gasteiger partial charge in [0.25, 0.3) is 5.91 Å². The molecule has 4 heteroatoms. The number of amides is 1. The standard InChI is InChI=1S/C22H38N2O2/c1-4-6-7-8-9-10-11-12-13-14-17-23-19(3)20(5-2)24-22(25)21-16-15-18-26-21/h15-16,18,20H,4-14,17H2,1-3H3,(H,24,25). The first kappa shape index (κ1) is 22.5. The van der Waals surface area contributed by atoms with Gasteiger partial charge in [0.2, 0.25) is 0 Å². The molecule has 0 bridgehead atoms. The molecular formula is C22H38N2O2. The zero-order chi connectivity index (χ0) is 19.0. The van der Waals surface area contributed by atoms with Crippen molar-refractivity contribution in [3.63, 3.8) is 0 Å². The minimum atomic E-state index is -0.171. The summed E-state index contributed by atoms with van der Waals surface area (Å²) in [5, 5.41) is 3.00. The minimum Gasteiger partial charge on any atom is -0.459 e. The molecule has 1 amide bonds. The first-order valence-electron chi connectivity index (χ1n) is 10.5. The number of rotatable bonds is 15. The number of nitrogens with one attached hydrogen (secondary N) is 1. The molecular weight excluding hydrogens is 324 g/mol. The number of unbranched alkanes of at least 4 members (excludes halogenated alkanes) is 9. The van der Waals surface area contributed by atoms with E-state index in [0.29, 0.717) is 5.76 Å². The van der Waals surface area contributed by atoms with Crippen LogP contribution in [0.25, 0.3) is 0 Å². The van der Waals surface area contributed by atoms with Gasteiger partial charge in [0, 0.05) is 12.3 Å². The molecule has 1 aromatic rings. The lowest BCUT2D eigenvalue weighted by Crippen LogP contribution is -2.39. The van der Waals surface area contributed by atoms with Gasteiger partial charge in [0.05, 0.1) is 12.3 Å². The van der Waals surface area contributed by atoms with Crippen molar-refractivity contribution >= 4 is 11.6 Å². The Bertz CT molecular complexity index is 494. The van der Waals surface area contributed by atoms with Crippen molar-refractivity contribution in [3.8, 4) is 0 Å². The van der Waals surface area contributed by atoms with Gasteiger partial charge in [-0.05, 0) is 31.9 Å². The molecule has 0 aliphatic heterocycles. The van der Waals surface area contributed by atoms with Gasteiger partial charge < -0.3 is 9.73 Å².